The second-order valence-corrected chi connectivity index (χ2v) is 3.49. The summed E-state index contributed by atoms with van der Waals surface area (Å²) in [5, 5.41) is 2.36. The number of aryl methyl sites for hydroxylation is 2. The minimum absolute atomic E-state index is 0.291. The quantitative estimate of drug-likeness (QED) is 0.697. The molecular formula is C10H13NOS. The number of amides is 1. The normalized spacial score (nSPS) is 9.77. The topological polar surface area (TPSA) is 29.1 Å². The molecule has 70 valence electrons. The molecule has 0 radical (unpaired) electrons. The molecule has 0 saturated carbocycles. The van der Waals surface area contributed by atoms with E-state index in [0.29, 0.717) is 6.54 Å². The van der Waals surface area contributed by atoms with Gasteiger partial charge in [0.1, 0.15) is 0 Å². The van der Waals surface area contributed by atoms with Gasteiger partial charge in [-0.1, -0.05) is 36.4 Å². The molecule has 0 unspecified atom stereocenters. The molecule has 0 aromatic heterocycles. The predicted molar refractivity (Wildman–Crippen MR) is 57.1 cm³/mol. The largest absolute Gasteiger partial charge is 0.343 e. The van der Waals surface area contributed by atoms with Crippen LogP contribution in [0.2, 0.25) is 0 Å². The van der Waals surface area contributed by atoms with Gasteiger partial charge in [0.2, 0.25) is 0 Å². The second kappa shape index (κ2) is 4.33. The highest BCUT2D eigenvalue weighted by Crippen LogP contribution is 2.10. The summed E-state index contributed by atoms with van der Waals surface area (Å²) in [4.78, 5) is 10.6. The van der Waals surface area contributed by atoms with Crippen molar-refractivity contribution in [3.63, 3.8) is 0 Å². The Bertz CT molecular complexity index is 323. The molecule has 13 heavy (non-hydrogen) atoms. The Morgan fingerprint density at radius 1 is 1.46 bits per heavy atom. The van der Waals surface area contributed by atoms with Crippen molar-refractivity contribution >= 4 is 17.9 Å². The summed E-state index contributed by atoms with van der Waals surface area (Å²) in [6, 6.07) is 6.18. The molecule has 0 fully saturated rings. The lowest BCUT2D eigenvalue weighted by molar-refractivity contribution is 0.260. The van der Waals surface area contributed by atoms with Crippen LogP contribution in [0.4, 0.5) is 4.79 Å². The van der Waals surface area contributed by atoms with E-state index in [0.717, 1.165) is 5.56 Å². The fourth-order valence-corrected chi connectivity index (χ4v) is 1.24. The van der Waals surface area contributed by atoms with Gasteiger partial charge in [0.15, 0.2) is 0 Å². The monoisotopic (exact) mass is 195 g/mol. The van der Waals surface area contributed by atoms with E-state index in [4.69, 9.17) is 0 Å². The summed E-state index contributed by atoms with van der Waals surface area (Å²) >= 11 is 3.64. The van der Waals surface area contributed by atoms with Gasteiger partial charge in [-0.05, 0) is 25.0 Å². The van der Waals surface area contributed by atoms with Gasteiger partial charge in [-0.25, -0.2) is 0 Å². The van der Waals surface area contributed by atoms with Crippen LogP contribution in [0.25, 0.3) is 0 Å². The Kier molecular flexibility index (Phi) is 3.37. The highest BCUT2D eigenvalue weighted by Gasteiger charge is 1.99. The third-order valence-electron chi connectivity index (χ3n) is 1.93. The molecule has 3 heteroatoms. The number of carbonyl (C=O) groups is 1. The number of rotatable bonds is 2. The molecule has 2 nitrogen and oxygen atoms in total. The van der Waals surface area contributed by atoms with Crippen molar-refractivity contribution in [2.45, 2.75) is 20.4 Å². The van der Waals surface area contributed by atoms with E-state index < -0.39 is 0 Å². The molecule has 0 bridgehead atoms. The molecular weight excluding hydrogens is 182 g/mol. The Balaban J connectivity index is 2.75. The summed E-state index contributed by atoms with van der Waals surface area (Å²) in [7, 11) is 0. The maximum atomic E-state index is 10.6. The number of hydrogen-bond donors (Lipinski definition) is 2. The van der Waals surface area contributed by atoms with Crippen molar-refractivity contribution in [2.75, 3.05) is 0 Å². The fraction of sp³-hybridized carbons (Fsp3) is 0.300. The number of nitrogens with one attached hydrogen (secondary N) is 1. The van der Waals surface area contributed by atoms with Gasteiger partial charge in [-0.2, -0.15) is 0 Å². The molecule has 1 rings (SSSR count). The maximum absolute atomic E-state index is 10.6. The first-order valence-electron chi connectivity index (χ1n) is 4.12. The third kappa shape index (κ3) is 3.11. The van der Waals surface area contributed by atoms with Gasteiger partial charge in [0.25, 0.3) is 5.24 Å². The van der Waals surface area contributed by atoms with Crippen LogP contribution < -0.4 is 5.32 Å². The molecule has 1 aromatic carbocycles. The van der Waals surface area contributed by atoms with Crippen molar-refractivity contribution < 1.29 is 4.79 Å². The van der Waals surface area contributed by atoms with E-state index in [1.807, 2.05) is 13.8 Å². The van der Waals surface area contributed by atoms with Crippen molar-refractivity contribution in [3.05, 3.63) is 34.9 Å². The number of carbonyl (C=O) groups excluding carboxylic acids is 1. The Morgan fingerprint density at radius 2 is 2.15 bits per heavy atom. The average Bonchev–Trinajstić information content (AvgIpc) is 2.06. The summed E-state index contributed by atoms with van der Waals surface area (Å²) in [6.45, 7) is 4.61. The molecule has 0 aliphatic rings. The SMILES string of the molecule is Cc1ccc(C)c(CNC(=O)S)c1. The van der Waals surface area contributed by atoms with Crippen molar-refractivity contribution in [1.29, 1.82) is 0 Å². The van der Waals surface area contributed by atoms with Gasteiger partial charge >= 0.3 is 0 Å². The van der Waals surface area contributed by atoms with E-state index in [1.54, 1.807) is 0 Å². The fourth-order valence-electron chi connectivity index (χ4n) is 1.16. The predicted octanol–water partition coefficient (Wildman–Crippen LogP) is 2.44. The van der Waals surface area contributed by atoms with Crippen LogP contribution in [-0.4, -0.2) is 5.24 Å². The second-order valence-electron chi connectivity index (χ2n) is 3.09. The van der Waals surface area contributed by atoms with Gasteiger partial charge in [-0.3, -0.25) is 4.79 Å². The number of hydrogen-bond acceptors (Lipinski definition) is 1. The standard InChI is InChI=1S/C10H13NOS/c1-7-3-4-8(2)9(5-7)6-11-10(12)13/h3-5H,6H2,1-2H3,(H2,11,12,13). The first-order valence-corrected chi connectivity index (χ1v) is 4.57. The molecule has 0 aliphatic carbocycles. The summed E-state index contributed by atoms with van der Waals surface area (Å²) in [5.41, 5.74) is 3.53. The molecule has 1 amide bonds. The molecule has 0 saturated heterocycles. The van der Waals surface area contributed by atoms with Gasteiger partial charge in [0, 0.05) is 6.54 Å². The lowest BCUT2D eigenvalue weighted by atomic mass is 10.1. The van der Waals surface area contributed by atoms with E-state index in [2.05, 4.69) is 36.1 Å². The Labute approximate surface area is 83.8 Å². The molecule has 0 aliphatic heterocycles. The van der Waals surface area contributed by atoms with Crippen LogP contribution in [0.15, 0.2) is 18.2 Å². The van der Waals surface area contributed by atoms with Crippen LogP contribution in [0.3, 0.4) is 0 Å². The molecule has 0 atom stereocenters. The smallest absolute Gasteiger partial charge is 0.276 e. The van der Waals surface area contributed by atoms with Crippen LogP contribution in [0, 0.1) is 13.8 Å². The zero-order chi connectivity index (χ0) is 9.84. The minimum atomic E-state index is -0.291. The molecule has 1 N–H and O–H groups in total. The Morgan fingerprint density at radius 3 is 2.77 bits per heavy atom. The van der Waals surface area contributed by atoms with E-state index in [1.165, 1.54) is 11.1 Å². The van der Waals surface area contributed by atoms with E-state index >= 15 is 0 Å². The number of benzene rings is 1. The average molecular weight is 195 g/mol. The first-order chi connectivity index (χ1) is 6.09. The molecule has 1 aromatic rings. The third-order valence-corrected chi connectivity index (χ3v) is 2.09. The zero-order valence-electron chi connectivity index (χ0n) is 7.79. The van der Waals surface area contributed by atoms with Crippen molar-refractivity contribution in [1.82, 2.24) is 5.32 Å². The van der Waals surface area contributed by atoms with Crippen LogP contribution >= 0.6 is 12.6 Å². The Hall–Kier alpha value is -0.960. The van der Waals surface area contributed by atoms with Crippen molar-refractivity contribution in [3.8, 4) is 0 Å². The highest BCUT2D eigenvalue weighted by molar-refractivity contribution is 7.96. The van der Waals surface area contributed by atoms with Gasteiger partial charge in [0.05, 0.1) is 0 Å². The lowest BCUT2D eigenvalue weighted by Gasteiger charge is -2.06. The van der Waals surface area contributed by atoms with E-state index in [9.17, 15) is 4.79 Å². The first kappa shape index (κ1) is 10.1. The van der Waals surface area contributed by atoms with Gasteiger partial charge < -0.3 is 5.32 Å². The minimum Gasteiger partial charge on any atom is -0.343 e. The van der Waals surface area contributed by atoms with Crippen LogP contribution in [0.1, 0.15) is 16.7 Å². The summed E-state index contributed by atoms with van der Waals surface area (Å²) < 4.78 is 0. The molecule has 0 heterocycles. The van der Waals surface area contributed by atoms with Crippen LogP contribution in [0.5, 0.6) is 0 Å². The summed E-state index contributed by atoms with van der Waals surface area (Å²) in [5.74, 6) is 0. The molecule has 0 spiro atoms. The van der Waals surface area contributed by atoms with E-state index in [-0.39, 0.29) is 5.24 Å². The maximum Gasteiger partial charge on any atom is 0.276 e. The summed E-state index contributed by atoms with van der Waals surface area (Å²) in [6.07, 6.45) is 0. The lowest BCUT2D eigenvalue weighted by Crippen LogP contribution is -2.16. The van der Waals surface area contributed by atoms with Gasteiger partial charge in [-0.15, -0.1) is 0 Å². The van der Waals surface area contributed by atoms with Crippen LogP contribution in [-0.2, 0) is 6.54 Å². The highest BCUT2D eigenvalue weighted by atomic mass is 32.1. The van der Waals surface area contributed by atoms with Crippen molar-refractivity contribution in [2.24, 2.45) is 0 Å². The zero-order valence-corrected chi connectivity index (χ0v) is 8.69. The number of thiol groups is 1.